The van der Waals surface area contributed by atoms with Crippen molar-refractivity contribution in [1.82, 2.24) is 0 Å². The molecule has 0 fully saturated rings. The largest absolute Gasteiger partial charge is 0.478 e. The van der Waals surface area contributed by atoms with Crippen LogP contribution in [-0.4, -0.2) is 52.7 Å². The normalized spacial score (nSPS) is 12.5. The summed E-state index contributed by atoms with van der Waals surface area (Å²) in [6.07, 6.45) is 0. The highest BCUT2D eigenvalue weighted by Crippen LogP contribution is 2.31. The molecule has 0 aromatic heterocycles. The van der Waals surface area contributed by atoms with Crippen molar-refractivity contribution in [2.24, 2.45) is 0 Å². The van der Waals surface area contributed by atoms with Gasteiger partial charge in [0, 0.05) is 0 Å². The smallest absolute Gasteiger partial charge is 0.336 e. The fourth-order valence-electron chi connectivity index (χ4n) is 3.05. The first-order valence-electron chi connectivity index (χ1n) is 9.17. The van der Waals surface area contributed by atoms with Crippen molar-refractivity contribution in [1.29, 1.82) is 0 Å². The van der Waals surface area contributed by atoms with Crippen LogP contribution in [0.1, 0.15) is 41.4 Å². The highest BCUT2D eigenvalue weighted by Gasteiger charge is 2.28. The number of benzene rings is 3. The van der Waals surface area contributed by atoms with Crippen molar-refractivity contribution in [3.63, 3.8) is 0 Å². The quantitative estimate of drug-likeness (QED) is 0.357. The number of carbonyl (C=O) groups is 4. The van der Waals surface area contributed by atoms with Crippen LogP contribution in [0, 0.1) is 0 Å². The standard InChI is InChI=1S/C22H14O10S2/c23-19(24)11-5-1-3-7-15(11)33(31)17-9-14(22(29)30)18(10-13(17)21(27)28)34(32)16-8-4-2-6-12(16)20(25)26/h1-10H,(H,23,24)(H,25,26)(H,27,28)(H,29,30)/t33-,34+. The molecule has 10 nitrogen and oxygen atoms in total. The zero-order chi connectivity index (χ0) is 25.2. The first-order valence-corrected chi connectivity index (χ1v) is 11.5. The van der Waals surface area contributed by atoms with E-state index in [4.69, 9.17) is 0 Å². The molecule has 0 unspecified atom stereocenters. The molecule has 12 heteroatoms. The summed E-state index contributed by atoms with van der Waals surface area (Å²) in [6, 6.07) is 11.7. The van der Waals surface area contributed by atoms with E-state index in [0.29, 0.717) is 0 Å². The summed E-state index contributed by atoms with van der Waals surface area (Å²) in [5.41, 5.74) is -2.12. The molecule has 0 amide bonds. The molecule has 0 bridgehead atoms. The van der Waals surface area contributed by atoms with Crippen LogP contribution in [0.25, 0.3) is 0 Å². The van der Waals surface area contributed by atoms with Gasteiger partial charge in [0.15, 0.2) is 0 Å². The Morgan fingerprint density at radius 1 is 0.471 bits per heavy atom. The second-order valence-corrected chi connectivity index (χ2v) is 9.43. The van der Waals surface area contributed by atoms with E-state index in [1.54, 1.807) is 0 Å². The predicted octanol–water partition coefficient (Wildman–Crippen LogP) is 2.81. The van der Waals surface area contributed by atoms with Crippen LogP contribution in [0.3, 0.4) is 0 Å². The summed E-state index contributed by atoms with van der Waals surface area (Å²) in [5, 5.41) is 38.1. The van der Waals surface area contributed by atoms with E-state index in [0.717, 1.165) is 24.3 Å². The van der Waals surface area contributed by atoms with Gasteiger partial charge in [-0.1, -0.05) is 24.3 Å². The average Bonchev–Trinajstić information content (AvgIpc) is 2.82. The number of carboxylic acids is 4. The second kappa shape index (κ2) is 9.77. The Kier molecular flexibility index (Phi) is 7.03. The molecule has 3 aromatic carbocycles. The molecule has 34 heavy (non-hydrogen) atoms. The van der Waals surface area contributed by atoms with E-state index in [1.165, 1.54) is 36.4 Å². The van der Waals surface area contributed by atoms with E-state index in [2.05, 4.69) is 0 Å². The zero-order valence-electron chi connectivity index (χ0n) is 16.8. The van der Waals surface area contributed by atoms with Gasteiger partial charge in [-0.2, -0.15) is 0 Å². The minimum Gasteiger partial charge on any atom is -0.478 e. The lowest BCUT2D eigenvalue weighted by molar-refractivity contribution is 0.0674. The highest BCUT2D eigenvalue weighted by molar-refractivity contribution is 7.85. The van der Waals surface area contributed by atoms with Crippen LogP contribution in [0.2, 0.25) is 0 Å². The lowest BCUT2D eigenvalue weighted by atomic mass is 10.1. The van der Waals surface area contributed by atoms with E-state index in [-0.39, 0.29) is 20.9 Å². The van der Waals surface area contributed by atoms with Gasteiger partial charge in [-0.05, 0) is 36.4 Å². The fraction of sp³-hybridized carbons (Fsp3) is 0. The van der Waals surface area contributed by atoms with Gasteiger partial charge in [0.1, 0.15) is 0 Å². The van der Waals surface area contributed by atoms with Crippen molar-refractivity contribution in [2.45, 2.75) is 19.6 Å². The van der Waals surface area contributed by atoms with Crippen molar-refractivity contribution < 1.29 is 48.0 Å². The van der Waals surface area contributed by atoms with Gasteiger partial charge in [-0.3, -0.25) is 0 Å². The Hall–Kier alpha value is -4.16. The van der Waals surface area contributed by atoms with Gasteiger partial charge >= 0.3 is 23.9 Å². The minimum atomic E-state index is -2.43. The van der Waals surface area contributed by atoms with Crippen LogP contribution < -0.4 is 0 Å². The third kappa shape index (κ3) is 4.63. The Bertz CT molecular complexity index is 1300. The van der Waals surface area contributed by atoms with Gasteiger partial charge in [-0.25, -0.2) is 27.6 Å². The molecule has 0 heterocycles. The average molecular weight is 502 g/mol. The van der Waals surface area contributed by atoms with Crippen LogP contribution in [0.15, 0.2) is 80.2 Å². The van der Waals surface area contributed by atoms with Gasteiger partial charge in [0.2, 0.25) is 0 Å². The second-order valence-electron chi connectivity index (χ2n) is 6.59. The number of carboxylic acid groups (broad SMARTS) is 4. The molecular weight excluding hydrogens is 488 g/mol. The van der Waals surface area contributed by atoms with Crippen LogP contribution in [-0.2, 0) is 21.6 Å². The first kappa shape index (κ1) is 24.5. The van der Waals surface area contributed by atoms with Gasteiger partial charge in [-0.15, -0.1) is 0 Å². The summed E-state index contributed by atoms with van der Waals surface area (Å²) >= 11 is 0. The van der Waals surface area contributed by atoms with Gasteiger partial charge in [0.25, 0.3) is 0 Å². The molecular formula is C22H14O10S2. The van der Waals surface area contributed by atoms with E-state index < -0.39 is 66.4 Å². The monoisotopic (exact) mass is 502 g/mol. The Morgan fingerprint density at radius 3 is 1.06 bits per heavy atom. The highest BCUT2D eigenvalue weighted by atomic mass is 32.2. The van der Waals surface area contributed by atoms with E-state index in [1.807, 2.05) is 0 Å². The molecule has 0 aliphatic rings. The van der Waals surface area contributed by atoms with Crippen molar-refractivity contribution >= 4 is 45.5 Å². The van der Waals surface area contributed by atoms with Crippen LogP contribution in [0.5, 0.6) is 0 Å². The van der Waals surface area contributed by atoms with Gasteiger partial charge in [0.05, 0.1) is 63.4 Å². The molecule has 0 aliphatic heterocycles. The van der Waals surface area contributed by atoms with Crippen molar-refractivity contribution in [3.8, 4) is 0 Å². The van der Waals surface area contributed by atoms with E-state index in [9.17, 15) is 48.0 Å². The summed E-state index contributed by atoms with van der Waals surface area (Å²) in [5.74, 6) is -6.14. The molecule has 0 aliphatic carbocycles. The molecule has 2 atom stereocenters. The lowest BCUT2D eigenvalue weighted by Crippen LogP contribution is -2.14. The van der Waals surface area contributed by atoms with Gasteiger partial charge < -0.3 is 20.4 Å². The van der Waals surface area contributed by atoms with Crippen molar-refractivity contribution in [3.05, 3.63) is 82.9 Å². The maximum Gasteiger partial charge on any atom is 0.336 e. The van der Waals surface area contributed by atoms with Crippen LogP contribution in [0.4, 0.5) is 0 Å². The third-order valence-corrected chi connectivity index (χ3v) is 7.56. The first-order chi connectivity index (χ1) is 16.0. The molecule has 3 rings (SSSR count). The van der Waals surface area contributed by atoms with Crippen molar-refractivity contribution in [2.75, 3.05) is 0 Å². The molecule has 0 saturated carbocycles. The third-order valence-electron chi connectivity index (χ3n) is 4.58. The maximum atomic E-state index is 13.2. The molecule has 0 radical (unpaired) electrons. The number of hydrogen-bond acceptors (Lipinski definition) is 6. The fourth-order valence-corrected chi connectivity index (χ4v) is 5.78. The molecule has 4 N–H and O–H groups in total. The lowest BCUT2D eigenvalue weighted by Gasteiger charge is -2.14. The predicted molar refractivity (Wildman–Crippen MR) is 117 cm³/mol. The molecule has 0 spiro atoms. The SMILES string of the molecule is O=C(O)c1ccccc1[S@@](=O)c1cc(C(=O)O)c([S@@](=O)c2ccccc2C(=O)O)cc1C(=O)O. The Morgan fingerprint density at radius 2 is 0.765 bits per heavy atom. The minimum absolute atomic E-state index is 0.265. The zero-order valence-corrected chi connectivity index (χ0v) is 18.5. The van der Waals surface area contributed by atoms with Crippen LogP contribution >= 0.6 is 0 Å². The summed E-state index contributed by atoms with van der Waals surface area (Å²) in [7, 11) is -4.87. The number of rotatable bonds is 8. The molecule has 174 valence electrons. The Labute approximate surface area is 196 Å². The topological polar surface area (TPSA) is 183 Å². The summed E-state index contributed by atoms with van der Waals surface area (Å²) in [6.45, 7) is 0. The maximum absolute atomic E-state index is 13.2. The number of aromatic carboxylic acids is 4. The molecule has 3 aromatic rings. The summed E-state index contributed by atoms with van der Waals surface area (Å²) < 4.78 is 26.4. The summed E-state index contributed by atoms with van der Waals surface area (Å²) in [4.78, 5) is 45.3. The molecule has 0 saturated heterocycles. The number of hydrogen-bond donors (Lipinski definition) is 4. The Balaban J connectivity index is 2.29. The van der Waals surface area contributed by atoms with E-state index >= 15 is 0 Å².